The van der Waals surface area contributed by atoms with E-state index in [0.717, 1.165) is 5.92 Å². The molecule has 0 bridgehead atoms. The van der Waals surface area contributed by atoms with Crippen molar-refractivity contribution in [1.29, 1.82) is 0 Å². The fraction of sp³-hybridized carbons (Fsp3) is 0.810. The van der Waals surface area contributed by atoms with Crippen LogP contribution in [-0.4, -0.2) is 0 Å². The third-order valence-corrected chi connectivity index (χ3v) is 5.43. The van der Waals surface area contributed by atoms with Crippen molar-refractivity contribution in [2.75, 3.05) is 0 Å². The molecule has 0 saturated carbocycles. The molecule has 0 heteroatoms. The van der Waals surface area contributed by atoms with Gasteiger partial charge in [-0.1, -0.05) is 64.9 Å². The van der Waals surface area contributed by atoms with Crippen molar-refractivity contribution in [3.63, 3.8) is 0 Å². The first-order valence-corrected chi connectivity index (χ1v) is 9.64. The minimum absolute atomic E-state index is 0.693. The topological polar surface area (TPSA) is 0 Å². The van der Waals surface area contributed by atoms with Crippen LogP contribution in [0, 0.1) is 17.9 Å². The molecule has 0 aromatic rings. The van der Waals surface area contributed by atoms with Crippen LogP contribution < -0.4 is 0 Å². The minimum Gasteiger partial charge on any atom is -0.0654 e. The van der Waals surface area contributed by atoms with E-state index in [-0.39, 0.29) is 0 Å². The standard InChI is InChI=1S/C21H35/c1-4-7-10-17-13-14-20-18(11-8-5-2)16-19(12-9-6-3)21(20)15-17/h17-18H,4-15H2,1-3H3. The molecule has 2 aliphatic rings. The zero-order chi connectivity index (χ0) is 15.1. The van der Waals surface area contributed by atoms with Crippen molar-refractivity contribution in [3.8, 4) is 0 Å². The Balaban J connectivity index is 2.04. The Bertz CT molecular complexity index is 371. The Labute approximate surface area is 133 Å². The molecule has 2 aliphatic carbocycles. The monoisotopic (exact) mass is 287 g/mol. The zero-order valence-corrected chi connectivity index (χ0v) is 14.6. The molecule has 0 saturated heterocycles. The summed E-state index contributed by atoms with van der Waals surface area (Å²) in [6, 6.07) is 0. The first-order chi connectivity index (χ1) is 10.3. The van der Waals surface area contributed by atoms with Gasteiger partial charge in [-0.25, -0.2) is 0 Å². The van der Waals surface area contributed by atoms with Crippen LogP contribution in [0.3, 0.4) is 0 Å². The second kappa shape index (κ2) is 8.81. The maximum atomic E-state index is 3.92. The Morgan fingerprint density at radius 1 is 0.952 bits per heavy atom. The summed E-state index contributed by atoms with van der Waals surface area (Å²) in [5.74, 6) is 1.66. The lowest BCUT2D eigenvalue weighted by Gasteiger charge is -2.27. The van der Waals surface area contributed by atoms with E-state index in [1.54, 1.807) is 11.1 Å². The van der Waals surface area contributed by atoms with E-state index in [4.69, 9.17) is 0 Å². The summed E-state index contributed by atoms with van der Waals surface area (Å²) in [7, 11) is 0. The molecule has 21 heavy (non-hydrogen) atoms. The number of hydrogen-bond donors (Lipinski definition) is 0. The third-order valence-electron chi connectivity index (χ3n) is 5.43. The van der Waals surface area contributed by atoms with E-state index in [1.807, 2.05) is 5.57 Å². The predicted octanol–water partition coefficient (Wildman–Crippen LogP) is 7.01. The van der Waals surface area contributed by atoms with Crippen molar-refractivity contribution in [2.24, 2.45) is 11.8 Å². The average molecular weight is 288 g/mol. The van der Waals surface area contributed by atoms with Gasteiger partial charge in [0.15, 0.2) is 0 Å². The van der Waals surface area contributed by atoms with E-state index < -0.39 is 0 Å². The lowest BCUT2D eigenvalue weighted by molar-refractivity contribution is 0.402. The van der Waals surface area contributed by atoms with Crippen LogP contribution in [-0.2, 0) is 0 Å². The van der Waals surface area contributed by atoms with Gasteiger partial charge in [-0.3, -0.25) is 0 Å². The summed E-state index contributed by atoms with van der Waals surface area (Å²) < 4.78 is 0. The normalized spacial score (nSPS) is 25.2. The molecule has 0 aromatic heterocycles. The number of allylic oxidation sites excluding steroid dienone is 4. The van der Waals surface area contributed by atoms with E-state index in [0.29, 0.717) is 5.92 Å². The van der Waals surface area contributed by atoms with Gasteiger partial charge in [-0.05, 0) is 61.7 Å². The van der Waals surface area contributed by atoms with Crippen LogP contribution in [0.2, 0.25) is 0 Å². The molecule has 2 rings (SSSR count). The molecule has 0 nitrogen and oxygen atoms in total. The highest BCUT2D eigenvalue weighted by Crippen LogP contribution is 2.46. The molecule has 0 amide bonds. The quantitative estimate of drug-likeness (QED) is 0.427. The second-order valence-electron chi connectivity index (χ2n) is 7.18. The summed E-state index contributed by atoms with van der Waals surface area (Å²) in [5, 5.41) is 0. The fourth-order valence-electron chi connectivity index (χ4n) is 4.09. The first kappa shape index (κ1) is 16.8. The molecule has 0 aliphatic heterocycles. The largest absolute Gasteiger partial charge is 0.0654 e. The van der Waals surface area contributed by atoms with E-state index in [1.165, 1.54) is 77.0 Å². The third kappa shape index (κ3) is 4.47. The van der Waals surface area contributed by atoms with Crippen LogP contribution in [0.4, 0.5) is 0 Å². The number of unbranched alkanes of at least 4 members (excludes halogenated alkanes) is 3. The van der Waals surface area contributed by atoms with Gasteiger partial charge in [0.25, 0.3) is 0 Å². The van der Waals surface area contributed by atoms with Gasteiger partial charge in [-0.2, -0.15) is 0 Å². The summed E-state index contributed by atoms with van der Waals surface area (Å²) in [4.78, 5) is 0. The number of hydrogen-bond acceptors (Lipinski definition) is 0. The molecule has 1 radical (unpaired) electrons. The Hall–Kier alpha value is -0.520. The molecular weight excluding hydrogens is 252 g/mol. The minimum atomic E-state index is 0.693. The lowest BCUT2D eigenvalue weighted by Crippen LogP contribution is -2.12. The van der Waals surface area contributed by atoms with Crippen LogP contribution in [0.1, 0.15) is 97.8 Å². The molecule has 0 fully saturated rings. The lowest BCUT2D eigenvalue weighted by atomic mass is 9.78. The van der Waals surface area contributed by atoms with Crippen LogP contribution in [0.25, 0.3) is 0 Å². The Morgan fingerprint density at radius 2 is 1.67 bits per heavy atom. The summed E-state index contributed by atoms with van der Waals surface area (Å²) >= 11 is 0. The van der Waals surface area contributed by atoms with Gasteiger partial charge >= 0.3 is 0 Å². The van der Waals surface area contributed by atoms with Gasteiger partial charge < -0.3 is 0 Å². The molecule has 2 atom stereocenters. The maximum absolute atomic E-state index is 3.92. The summed E-state index contributed by atoms with van der Waals surface area (Å²) in [6.07, 6.45) is 20.3. The van der Waals surface area contributed by atoms with E-state index >= 15 is 0 Å². The second-order valence-corrected chi connectivity index (χ2v) is 7.18. The van der Waals surface area contributed by atoms with Crippen molar-refractivity contribution in [1.82, 2.24) is 0 Å². The fourth-order valence-corrected chi connectivity index (χ4v) is 4.09. The highest BCUT2D eigenvalue weighted by molar-refractivity contribution is 5.43. The highest BCUT2D eigenvalue weighted by Gasteiger charge is 2.31. The molecule has 0 spiro atoms. The molecule has 0 heterocycles. The van der Waals surface area contributed by atoms with Gasteiger partial charge in [0.1, 0.15) is 0 Å². The van der Waals surface area contributed by atoms with Crippen molar-refractivity contribution < 1.29 is 0 Å². The molecular formula is C21H35. The average Bonchev–Trinajstić information content (AvgIpc) is 2.86. The van der Waals surface area contributed by atoms with Crippen LogP contribution in [0.5, 0.6) is 0 Å². The van der Waals surface area contributed by atoms with Gasteiger partial charge in [0, 0.05) is 5.92 Å². The smallest absolute Gasteiger partial charge is 0.00599 e. The van der Waals surface area contributed by atoms with Crippen LogP contribution in [0.15, 0.2) is 16.7 Å². The maximum Gasteiger partial charge on any atom is 0.00599 e. The number of rotatable bonds is 9. The van der Waals surface area contributed by atoms with Gasteiger partial charge in [0.05, 0.1) is 0 Å². The van der Waals surface area contributed by atoms with E-state index in [2.05, 4.69) is 26.8 Å². The van der Waals surface area contributed by atoms with E-state index in [9.17, 15) is 0 Å². The molecule has 2 unspecified atom stereocenters. The Morgan fingerprint density at radius 3 is 2.38 bits per heavy atom. The molecule has 119 valence electrons. The van der Waals surface area contributed by atoms with Crippen molar-refractivity contribution >= 4 is 0 Å². The highest BCUT2D eigenvalue weighted by atomic mass is 14.4. The predicted molar refractivity (Wildman–Crippen MR) is 93.2 cm³/mol. The molecule has 0 aromatic carbocycles. The summed E-state index contributed by atoms with van der Waals surface area (Å²) in [5.41, 5.74) is 5.22. The first-order valence-electron chi connectivity index (χ1n) is 9.64. The molecule has 0 N–H and O–H groups in total. The van der Waals surface area contributed by atoms with Crippen molar-refractivity contribution in [3.05, 3.63) is 22.8 Å². The van der Waals surface area contributed by atoms with Gasteiger partial charge in [-0.15, -0.1) is 0 Å². The van der Waals surface area contributed by atoms with Crippen LogP contribution >= 0.6 is 0 Å². The Kier molecular flexibility index (Phi) is 7.07. The van der Waals surface area contributed by atoms with Gasteiger partial charge in [0.2, 0.25) is 0 Å². The zero-order valence-electron chi connectivity index (χ0n) is 14.6. The summed E-state index contributed by atoms with van der Waals surface area (Å²) in [6.45, 7) is 6.95. The van der Waals surface area contributed by atoms with Crippen molar-refractivity contribution in [2.45, 2.75) is 97.8 Å². The SMILES string of the molecule is CCCCC1=[C]C(CCCC)C2=C1CC(CCCC)CC2.